The predicted molar refractivity (Wildman–Crippen MR) is 131 cm³/mol. The Morgan fingerprint density at radius 2 is 2.00 bits per heavy atom. The van der Waals surface area contributed by atoms with Crippen LogP contribution in [0.3, 0.4) is 0 Å². The summed E-state index contributed by atoms with van der Waals surface area (Å²) in [6.45, 7) is 3.99. The number of rotatable bonds is 13. The van der Waals surface area contributed by atoms with Crippen molar-refractivity contribution in [1.29, 1.82) is 0 Å². The summed E-state index contributed by atoms with van der Waals surface area (Å²) in [5, 5.41) is 14.7. The van der Waals surface area contributed by atoms with Crippen LogP contribution in [0.25, 0.3) is 0 Å². The lowest BCUT2D eigenvalue weighted by atomic mass is 10.0. The van der Waals surface area contributed by atoms with E-state index in [1.165, 1.54) is 17.4 Å². The van der Waals surface area contributed by atoms with Crippen molar-refractivity contribution in [3.63, 3.8) is 0 Å². The number of aliphatic imine (C=N–C) groups is 1. The van der Waals surface area contributed by atoms with Crippen molar-refractivity contribution in [2.24, 2.45) is 28.1 Å². The van der Waals surface area contributed by atoms with Crippen LogP contribution in [0, 0.1) is 5.92 Å². The Morgan fingerprint density at radius 1 is 1.28 bits per heavy atom. The van der Waals surface area contributed by atoms with Gasteiger partial charge in [0.2, 0.25) is 17.7 Å². The van der Waals surface area contributed by atoms with Crippen molar-refractivity contribution in [2.75, 3.05) is 13.1 Å². The highest BCUT2D eigenvalue weighted by atomic mass is 16.4. The zero-order valence-electron chi connectivity index (χ0n) is 20.6. The molecule has 0 bridgehead atoms. The Labute approximate surface area is 209 Å². The molecule has 1 saturated heterocycles. The maximum Gasteiger partial charge on any atom is 0.326 e. The Hall–Kier alpha value is -3.68. The fourth-order valence-electron chi connectivity index (χ4n) is 4.01. The number of amides is 3. The van der Waals surface area contributed by atoms with Gasteiger partial charge in [0.05, 0.1) is 12.4 Å². The van der Waals surface area contributed by atoms with Gasteiger partial charge in [0.15, 0.2) is 5.96 Å². The molecule has 10 N–H and O–H groups in total. The van der Waals surface area contributed by atoms with Crippen LogP contribution in [0.2, 0.25) is 0 Å². The number of nitrogens with one attached hydrogen (secondary N) is 3. The van der Waals surface area contributed by atoms with Gasteiger partial charge in [-0.05, 0) is 31.6 Å². The molecule has 36 heavy (non-hydrogen) atoms. The largest absolute Gasteiger partial charge is 0.480 e. The van der Waals surface area contributed by atoms with Crippen LogP contribution in [0.1, 0.15) is 45.2 Å². The minimum atomic E-state index is -1.15. The van der Waals surface area contributed by atoms with E-state index in [-0.39, 0.29) is 18.3 Å². The van der Waals surface area contributed by atoms with E-state index in [0.717, 1.165) is 0 Å². The number of hydrogen-bond donors (Lipinski definition) is 7. The third-order valence-corrected chi connectivity index (χ3v) is 5.97. The summed E-state index contributed by atoms with van der Waals surface area (Å²) in [6.07, 6.45) is 4.83. The smallest absolute Gasteiger partial charge is 0.326 e. The lowest BCUT2D eigenvalue weighted by molar-refractivity contribution is -0.145. The van der Waals surface area contributed by atoms with E-state index >= 15 is 0 Å². The Balaban J connectivity index is 2.12. The summed E-state index contributed by atoms with van der Waals surface area (Å²) in [5.74, 6) is -3.05. The van der Waals surface area contributed by atoms with Crippen molar-refractivity contribution in [2.45, 2.75) is 70.1 Å². The number of carboxylic acids is 1. The van der Waals surface area contributed by atoms with E-state index < -0.39 is 47.9 Å². The first-order valence-corrected chi connectivity index (χ1v) is 11.9. The summed E-state index contributed by atoms with van der Waals surface area (Å²) in [5.41, 5.74) is 17.2. The first kappa shape index (κ1) is 28.6. The molecule has 0 aromatic carbocycles. The molecule has 0 aliphatic carbocycles. The zero-order valence-corrected chi connectivity index (χ0v) is 20.6. The molecule has 14 heteroatoms. The lowest BCUT2D eigenvalue weighted by Crippen LogP contribution is -2.57. The molecule has 1 aliphatic heterocycles. The molecule has 1 aromatic heterocycles. The highest BCUT2D eigenvalue weighted by Gasteiger charge is 2.39. The number of carboxylic acid groups (broad SMARTS) is 1. The fraction of sp³-hybridized carbons (Fsp3) is 0.636. The quantitative estimate of drug-likeness (QED) is 0.0889. The second-order valence-corrected chi connectivity index (χ2v) is 9.16. The topological polar surface area (TPSA) is 235 Å². The summed E-state index contributed by atoms with van der Waals surface area (Å²) in [4.78, 5) is 62.8. The number of guanidine groups is 1. The van der Waals surface area contributed by atoms with Crippen molar-refractivity contribution in [3.8, 4) is 0 Å². The fourth-order valence-corrected chi connectivity index (χ4v) is 4.01. The van der Waals surface area contributed by atoms with Gasteiger partial charge in [-0.25, -0.2) is 9.78 Å². The van der Waals surface area contributed by atoms with Crippen molar-refractivity contribution in [1.82, 2.24) is 25.5 Å². The van der Waals surface area contributed by atoms with Gasteiger partial charge in [0.1, 0.15) is 18.1 Å². The molecular formula is C22H37N9O5. The highest BCUT2D eigenvalue weighted by molar-refractivity contribution is 5.94. The van der Waals surface area contributed by atoms with Crippen LogP contribution < -0.4 is 27.8 Å². The molecule has 2 rings (SSSR count). The Kier molecular flexibility index (Phi) is 10.6. The van der Waals surface area contributed by atoms with Gasteiger partial charge in [0.25, 0.3) is 0 Å². The zero-order chi connectivity index (χ0) is 26.8. The number of aromatic amines is 1. The van der Waals surface area contributed by atoms with E-state index in [0.29, 0.717) is 44.5 Å². The van der Waals surface area contributed by atoms with E-state index in [9.17, 15) is 24.3 Å². The van der Waals surface area contributed by atoms with E-state index in [1.54, 1.807) is 13.8 Å². The molecule has 1 aliphatic rings. The predicted octanol–water partition coefficient (Wildman–Crippen LogP) is -1.97. The molecule has 3 amide bonds. The summed E-state index contributed by atoms with van der Waals surface area (Å²) >= 11 is 0. The number of H-pyrrole nitrogens is 1. The minimum absolute atomic E-state index is 0.0504. The molecule has 200 valence electrons. The van der Waals surface area contributed by atoms with Crippen LogP contribution in [0.15, 0.2) is 17.5 Å². The third kappa shape index (κ3) is 8.22. The number of nitrogens with zero attached hydrogens (tertiary/aromatic N) is 3. The molecule has 0 saturated carbocycles. The van der Waals surface area contributed by atoms with Crippen LogP contribution in [-0.4, -0.2) is 86.9 Å². The maximum absolute atomic E-state index is 13.5. The SMILES string of the molecule is CC(C)C(NC(=O)C1CCCN1C(=O)C(Cc1cnc[nH]1)NC(=O)C(N)CCCN=C(N)N)C(=O)O. The van der Waals surface area contributed by atoms with Gasteiger partial charge in [-0.2, -0.15) is 0 Å². The number of imidazole rings is 1. The molecule has 14 nitrogen and oxygen atoms in total. The second kappa shape index (κ2) is 13.4. The average molecular weight is 508 g/mol. The van der Waals surface area contributed by atoms with Crippen molar-refractivity contribution < 1.29 is 24.3 Å². The minimum Gasteiger partial charge on any atom is -0.480 e. The number of nitrogens with two attached hydrogens (primary N) is 3. The molecule has 4 unspecified atom stereocenters. The number of aromatic nitrogens is 2. The van der Waals surface area contributed by atoms with Crippen LogP contribution in [0.5, 0.6) is 0 Å². The molecule has 1 fully saturated rings. The van der Waals surface area contributed by atoms with Crippen LogP contribution in [-0.2, 0) is 25.6 Å². The van der Waals surface area contributed by atoms with Crippen molar-refractivity contribution in [3.05, 3.63) is 18.2 Å². The first-order chi connectivity index (χ1) is 17.0. The standard InChI is InChI=1S/C22H37N9O5/c1-12(2)17(21(35)36)30-19(33)16-6-4-8-31(16)20(34)15(9-13-10-26-11-28-13)29-18(32)14(23)5-3-7-27-22(24)25/h10-12,14-17H,3-9,23H2,1-2H3,(H,26,28)(H,29,32)(H,30,33)(H,35,36)(H4,24,25,27). The Bertz CT molecular complexity index is 930. The highest BCUT2D eigenvalue weighted by Crippen LogP contribution is 2.20. The van der Waals surface area contributed by atoms with Gasteiger partial charge >= 0.3 is 5.97 Å². The van der Waals surface area contributed by atoms with E-state index in [1.807, 2.05) is 0 Å². The second-order valence-electron chi connectivity index (χ2n) is 9.16. The molecule has 0 spiro atoms. The third-order valence-electron chi connectivity index (χ3n) is 5.97. The molecule has 2 heterocycles. The van der Waals surface area contributed by atoms with Gasteiger partial charge < -0.3 is 42.8 Å². The summed E-state index contributed by atoms with van der Waals surface area (Å²) in [7, 11) is 0. The maximum atomic E-state index is 13.5. The van der Waals surface area contributed by atoms with Gasteiger partial charge in [-0.3, -0.25) is 19.4 Å². The number of hydrogen-bond acceptors (Lipinski definition) is 7. The molecular weight excluding hydrogens is 470 g/mol. The summed E-state index contributed by atoms with van der Waals surface area (Å²) in [6, 6.07) is -3.81. The number of aliphatic carboxylic acids is 1. The number of carbonyl (C=O) groups is 4. The monoisotopic (exact) mass is 507 g/mol. The number of carbonyl (C=O) groups excluding carboxylic acids is 3. The van der Waals surface area contributed by atoms with Gasteiger partial charge in [-0.1, -0.05) is 13.8 Å². The first-order valence-electron chi connectivity index (χ1n) is 11.9. The normalized spacial score (nSPS) is 17.8. The lowest BCUT2D eigenvalue weighted by Gasteiger charge is -2.30. The average Bonchev–Trinajstić information content (AvgIpc) is 3.50. The van der Waals surface area contributed by atoms with E-state index in [2.05, 4.69) is 25.6 Å². The Morgan fingerprint density at radius 3 is 2.58 bits per heavy atom. The van der Waals surface area contributed by atoms with E-state index in [4.69, 9.17) is 17.2 Å². The number of likely N-dealkylation sites (tertiary alicyclic amines) is 1. The van der Waals surface area contributed by atoms with Gasteiger partial charge in [-0.15, -0.1) is 0 Å². The van der Waals surface area contributed by atoms with Crippen LogP contribution >= 0.6 is 0 Å². The van der Waals surface area contributed by atoms with Crippen LogP contribution in [0.4, 0.5) is 0 Å². The van der Waals surface area contributed by atoms with Gasteiger partial charge in [0, 0.05) is 31.4 Å². The molecule has 1 aromatic rings. The molecule has 0 radical (unpaired) electrons. The molecule has 4 atom stereocenters. The summed E-state index contributed by atoms with van der Waals surface area (Å²) < 4.78 is 0. The van der Waals surface area contributed by atoms with Crippen molar-refractivity contribution >= 4 is 29.7 Å².